The molecule has 96 valence electrons. The highest BCUT2D eigenvalue weighted by atomic mass is 16.5. The molecule has 0 rings (SSSR count). The summed E-state index contributed by atoms with van der Waals surface area (Å²) in [6.45, 7) is 7.16. The zero-order valence-electron chi connectivity index (χ0n) is 11.4. The lowest BCUT2D eigenvalue weighted by atomic mass is 9.91. The van der Waals surface area contributed by atoms with Crippen molar-refractivity contribution in [2.75, 3.05) is 13.7 Å². The Balaban J connectivity index is 3.81. The third-order valence-corrected chi connectivity index (χ3v) is 3.09. The van der Waals surface area contributed by atoms with Gasteiger partial charge in [0, 0.05) is 26.6 Å². The Morgan fingerprint density at radius 1 is 1.25 bits per heavy atom. The summed E-state index contributed by atoms with van der Waals surface area (Å²) in [6.07, 6.45) is 6.26. The van der Waals surface area contributed by atoms with E-state index in [0.717, 1.165) is 12.8 Å². The van der Waals surface area contributed by atoms with E-state index in [9.17, 15) is 4.79 Å². The molecule has 0 aromatic carbocycles. The van der Waals surface area contributed by atoms with E-state index in [2.05, 4.69) is 20.8 Å². The van der Waals surface area contributed by atoms with E-state index in [1.54, 1.807) is 7.11 Å². The van der Waals surface area contributed by atoms with Gasteiger partial charge in [-0.2, -0.15) is 0 Å². The summed E-state index contributed by atoms with van der Waals surface area (Å²) in [4.78, 5) is 11.8. The fraction of sp³-hybridized carbons (Fsp3) is 0.929. The number of methoxy groups -OCH3 is 1. The Bertz CT molecular complexity index is 178. The minimum Gasteiger partial charge on any atom is -0.384 e. The number of carbonyl (C=O) groups is 1. The normalized spacial score (nSPS) is 14.8. The fourth-order valence-electron chi connectivity index (χ4n) is 2.08. The first kappa shape index (κ1) is 15.6. The third-order valence-electron chi connectivity index (χ3n) is 3.09. The van der Waals surface area contributed by atoms with E-state index >= 15 is 0 Å². The molecule has 0 radical (unpaired) electrons. The summed E-state index contributed by atoms with van der Waals surface area (Å²) >= 11 is 0. The number of hydrogen-bond donors (Lipinski definition) is 0. The molecule has 0 aliphatic rings. The van der Waals surface area contributed by atoms with Gasteiger partial charge in [-0.05, 0) is 11.8 Å². The topological polar surface area (TPSA) is 26.3 Å². The van der Waals surface area contributed by atoms with Crippen molar-refractivity contribution in [3.63, 3.8) is 0 Å². The van der Waals surface area contributed by atoms with Gasteiger partial charge in [0.05, 0.1) is 0 Å². The van der Waals surface area contributed by atoms with E-state index in [1.807, 2.05) is 0 Å². The second-order valence-electron chi connectivity index (χ2n) is 4.92. The van der Waals surface area contributed by atoms with Gasteiger partial charge in [0.1, 0.15) is 5.78 Å². The Morgan fingerprint density at radius 2 is 1.94 bits per heavy atom. The molecule has 0 spiro atoms. The maximum Gasteiger partial charge on any atom is 0.133 e. The number of ether oxygens (including phenoxy) is 1. The molecule has 2 unspecified atom stereocenters. The van der Waals surface area contributed by atoms with E-state index in [0.29, 0.717) is 30.6 Å². The van der Waals surface area contributed by atoms with Crippen molar-refractivity contribution in [1.82, 2.24) is 0 Å². The number of Topliss-reactive ketones (excluding diaryl/α,β-unsaturated/α-hetero) is 1. The average Bonchev–Trinajstić information content (AvgIpc) is 2.24. The van der Waals surface area contributed by atoms with Crippen LogP contribution in [0.5, 0.6) is 0 Å². The minimum absolute atomic E-state index is 0.362. The molecule has 0 bridgehead atoms. The minimum atomic E-state index is 0.362. The highest BCUT2D eigenvalue weighted by molar-refractivity contribution is 5.78. The van der Waals surface area contributed by atoms with Crippen LogP contribution in [0.2, 0.25) is 0 Å². The van der Waals surface area contributed by atoms with Crippen molar-refractivity contribution in [3.8, 4) is 0 Å². The molecule has 0 aliphatic heterocycles. The van der Waals surface area contributed by atoms with Gasteiger partial charge in [-0.15, -0.1) is 0 Å². The van der Waals surface area contributed by atoms with Gasteiger partial charge in [-0.1, -0.05) is 46.5 Å². The monoisotopic (exact) mass is 228 g/mol. The van der Waals surface area contributed by atoms with E-state index < -0.39 is 0 Å². The van der Waals surface area contributed by atoms with Gasteiger partial charge in [-0.25, -0.2) is 0 Å². The molecule has 2 atom stereocenters. The van der Waals surface area contributed by atoms with Crippen LogP contribution in [0.1, 0.15) is 59.3 Å². The molecule has 0 N–H and O–H groups in total. The molecule has 0 aromatic rings. The van der Waals surface area contributed by atoms with Crippen LogP contribution in [0.4, 0.5) is 0 Å². The number of carbonyl (C=O) groups excluding carboxylic acids is 1. The van der Waals surface area contributed by atoms with Crippen LogP contribution >= 0.6 is 0 Å². The van der Waals surface area contributed by atoms with Crippen LogP contribution in [0, 0.1) is 11.8 Å². The maximum atomic E-state index is 11.8. The Morgan fingerprint density at radius 3 is 2.44 bits per heavy atom. The molecule has 2 heteroatoms. The van der Waals surface area contributed by atoms with Crippen LogP contribution in [0.3, 0.4) is 0 Å². The molecule has 0 aliphatic carbocycles. The van der Waals surface area contributed by atoms with Crippen molar-refractivity contribution in [2.45, 2.75) is 59.3 Å². The third kappa shape index (κ3) is 7.86. The molecule has 0 saturated carbocycles. The number of unbranched alkanes of at least 4 members (excludes halogenated alkanes) is 1. The predicted octanol–water partition coefficient (Wildman–Crippen LogP) is 3.83. The molecular weight excluding hydrogens is 200 g/mol. The fourth-order valence-corrected chi connectivity index (χ4v) is 2.08. The smallest absolute Gasteiger partial charge is 0.133 e. The second-order valence-corrected chi connectivity index (χ2v) is 4.92. The average molecular weight is 228 g/mol. The second kappa shape index (κ2) is 9.83. The first-order valence-electron chi connectivity index (χ1n) is 6.64. The van der Waals surface area contributed by atoms with Crippen LogP contribution in [0.25, 0.3) is 0 Å². The van der Waals surface area contributed by atoms with Crippen molar-refractivity contribution >= 4 is 5.78 Å². The number of ketones is 1. The molecular formula is C14H28O2. The first-order valence-corrected chi connectivity index (χ1v) is 6.64. The number of hydrogen-bond acceptors (Lipinski definition) is 2. The Kier molecular flexibility index (Phi) is 9.60. The molecule has 0 fully saturated rings. The van der Waals surface area contributed by atoms with Crippen LogP contribution < -0.4 is 0 Å². The molecule has 0 heterocycles. The largest absolute Gasteiger partial charge is 0.384 e. The molecule has 2 nitrogen and oxygen atoms in total. The zero-order chi connectivity index (χ0) is 12.4. The quantitative estimate of drug-likeness (QED) is 0.568. The predicted molar refractivity (Wildman–Crippen MR) is 68.6 cm³/mol. The SMILES string of the molecule is CCCCC(CC)CC(=O)CC(C)COC. The van der Waals surface area contributed by atoms with Crippen LogP contribution in [0.15, 0.2) is 0 Å². The lowest BCUT2D eigenvalue weighted by Crippen LogP contribution is -2.14. The highest BCUT2D eigenvalue weighted by Gasteiger charge is 2.14. The summed E-state index contributed by atoms with van der Waals surface area (Å²) in [5.41, 5.74) is 0. The summed E-state index contributed by atoms with van der Waals surface area (Å²) in [5.74, 6) is 1.37. The summed E-state index contributed by atoms with van der Waals surface area (Å²) in [6, 6.07) is 0. The van der Waals surface area contributed by atoms with E-state index in [1.165, 1.54) is 19.3 Å². The highest BCUT2D eigenvalue weighted by Crippen LogP contribution is 2.19. The summed E-state index contributed by atoms with van der Waals surface area (Å²) < 4.78 is 5.05. The first-order chi connectivity index (χ1) is 7.63. The maximum absolute atomic E-state index is 11.8. The van der Waals surface area contributed by atoms with E-state index in [4.69, 9.17) is 4.74 Å². The van der Waals surface area contributed by atoms with Crippen molar-refractivity contribution < 1.29 is 9.53 Å². The lowest BCUT2D eigenvalue weighted by molar-refractivity contribution is -0.121. The van der Waals surface area contributed by atoms with Gasteiger partial charge < -0.3 is 4.74 Å². The summed E-state index contributed by atoms with van der Waals surface area (Å²) in [5, 5.41) is 0. The lowest BCUT2D eigenvalue weighted by Gasteiger charge is -2.15. The standard InChI is InChI=1S/C14H28O2/c1-5-7-8-13(6-2)10-14(15)9-12(3)11-16-4/h12-13H,5-11H2,1-4H3. The van der Waals surface area contributed by atoms with Gasteiger partial charge in [0.2, 0.25) is 0 Å². The van der Waals surface area contributed by atoms with Crippen LogP contribution in [-0.2, 0) is 9.53 Å². The molecule has 16 heavy (non-hydrogen) atoms. The molecule has 0 saturated heterocycles. The van der Waals surface area contributed by atoms with Crippen molar-refractivity contribution in [2.24, 2.45) is 11.8 Å². The number of rotatable bonds is 10. The molecule has 0 aromatic heterocycles. The van der Waals surface area contributed by atoms with Crippen molar-refractivity contribution in [3.05, 3.63) is 0 Å². The van der Waals surface area contributed by atoms with E-state index in [-0.39, 0.29) is 0 Å². The van der Waals surface area contributed by atoms with Crippen molar-refractivity contribution in [1.29, 1.82) is 0 Å². The van der Waals surface area contributed by atoms with Gasteiger partial charge in [0.25, 0.3) is 0 Å². The molecule has 0 amide bonds. The Labute approximate surface area is 101 Å². The Hall–Kier alpha value is -0.370. The zero-order valence-corrected chi connectivity index (χ0v) is 11.4. The van der Waals surface area contributed by atoms with Gasteiger partial charge in [-0.3, -0.25) is 4.79 Å². The summed E-state index contributed by atoms with van der Waals surface area (Å²) in [7, 11) is 1.69. The van der Waals surface area contributed by atoms with Crippen LogP contribution in [-0.4, -0.2) is 19.5 Å². The van der Waals surface area contributed by atoms with Gasteiger partial charge >= 0.3 is 0 Å². The van der Waals surface area contributed by atoms with Gasteiger partial charge in [0.15, 0.2) is 0 Å².